The fourth-order valence-corrected chi connectivity index (χ4v) is 2.84. The second kappa shape index (κ2) is 10.8. The molecule has 0 unspecified atom stereocenters. The van der Waals surface area contributed by atoms with Crippen LogP contribution in [0.2, 0.25) is 0 Å². The van der Waals surface area contributed by atoms with Crippen LogP contribution in [0.15, 0.2) is 64.2 Å². The normalized spacial score (nSPS) is 11.1. The van der Waals surface area contributed by atoms with Crippen molar-refractivity contribution in [1.29, 1.82) is 0 Å². The molecule has 8 heteroatoms. The van der Waals surface area contributed by atoms with Gasteiger partial charge in [-0.3, -0.25) is 9.79 Å². The highest BCUT2D eigenvalue weighted by Gasteiger charge is 2.08. The maximum absolute atomic E-state index is 12.2. The lowest BCUT2D eigenvalue weighted by Crippen LogP contribution is -2.41. The smallest absolute Gasteiger partial charge is 0.251 e. The summed E-state index contributed by atoms with van der Waals surface area (Å²) in [5.41, 5.74) is 3.44. The Morgan fingerprint density at radius 1 is 1.10 bits per heavy atom. The third-order valence-electron chi connectivity index (χ3n) is 4.55. The first-order valence-corrected chi connectivity index (χ1v) is 9.97. The van der Waals surface area contributed by atoms with E-state index in [0.717, 1.165) is 11.3 Å². The summed E-state index contributed by atoms with van der Waals surface area (Å²) in [6.45, 7) is 3.46. The molecular formula is C23H27N5O3. The lowest BCUT2D eigenvalue weighted by atomic mass is 10.1. The van der Waals surface area contributed by atoms with Crippen LogP contribution in [0.3, 0.4) is 0 Å². The molecule has 3 rings (SSSR count). The molecule has 0 radical (unpaired) electrons. The van der Waals surface area contributed by atoms with Crippen molar-refractivity contribution in [1.82, 2.24) is 20.9 Å². The number of carbonyl (C=O) groups is 1. The molecule has 0 atom stereocenters. The molecule has 0 fully saturated rings. The molecule has 0 saturated heterocycles. The molecule has 3 aromatic rings. The Balaban J connectivity index is 1.42. The summed E-state index contributed by atoms with van der Waals surface area (Å²) in [4.78, 5) is 20.9. The summed E-state index contributed by atoms with van der Waals surface area (Å²) in [6.07, 6.45) is 1.63. The number of nitrogens with one attached hydrogen (secondary N) is 3. The molecule has 0 aliphatic carbocycles. The molecule has 0 saturated carbocycles. The minimum absolute atomic E-state index is 0.158. The first-order chi connectivity index (χ1) is 15.1. The molecule has 1 amide bonds. The van der Waals surface area contributed by atoms with Crippen molar-refractivity contribution < 1.29 is 13.9 Å². The van der Waals surface area contributed by atoms with E-state index >= 15 is 0 Å². The molecule has 0 aliphatic rings. The van der Waals surface area contributed by atoms with Gasteiger partial charge in [0.15, 0.2) is 5.96 Å². The van der Waals surface area contributed by atoms with Crippen molar-refractivity contribution >= 4 is 11.9 Å². The van der Waals surface area contributed by atoms with E-state index in [1.54, 1.807) is 44.7 Å². The van der Waals surface area contributed by atoms with Crippen molar-refractivity contribution in [3.63, 3.8) is 0 Å². The molecular weight excluding hydrogens is 394 g/mol. The summed E-state index contributed by atoms with van der Waals surface area (Å²) in [5, 5.41) is 9.20. The van der Waals surface area contributed by atoms with Gasteiger partial charge in [-0.05, 0) is 37.3 Å². The largest absolute Gasteiger partial charge is 0.497 e. The molecule has 162 valence electrons. The van der Waals surface area contributed by atoms with Gasteiger partial charge in [-0.15, -0.1) is 0 Å². The van der Waals surface area contributed by atoms with Crippen molar-refractivity contribution in [2.24, 2.45) is 4.99 Å². The van der Waals surface area contributed by atoms with Crippen molar-refractivity contribution in [3.8, 4) is 17.2 Å². The highest BCUT2D eigenvalue weighted by Crippen LogP contribution is 2.19. The lowest BCUT2D eigenvalue weighted by molar-refractivity contribution is 0.0954. The summed E-state index contributed by atoms with van der Waals surface area (Å²) in [6, 6.07) is 15.0. The van der Waals surface area contributed by atoms with Crippen LogP contribution in [0.5, 0.6) is 5.75 Å². The SMILES string of the molecule is CN=C(NCCNC(=O)c1cccc(OC)c1)NCc1coc(-c2ccc(C)cc2)n1. The first-order valence-electron chi connectivity index (χ1n) is 9.97. The van der Waals surface area contributed by atoms with Crippen LogP contribution < -0.4 is 20.7 Å². The predicted molar refractivity (Wildman–Crippen MR) is 120 cm³/mol. The number of aliphatic imine (C=N–C) groups is 1. The monoisotopic (exact) mass is 421 g/mol. The van der Waals surface area contributed by atoms with Gasteiger partial charge in [0.1, 0.15) is 12.0 Å². The lowest BCUT2D eigenvalue weighted by Gasteiger charge is -2.11. The van der Waals surface area contributed by atoms with E-state index in [-0.39, 0.29) is 5.91 Å². The van der Waals surface area contributed by atoms with E-state index in [2.05, 4.69) is 25.9 Å². The number of aromatic nitrogens is 1. The van der Waals surface area contributed by atoms with E-state index in [4.69, 9.17) is 9.15 Å². The molecule has 0 aliphatic heterocycles. The molecule has 0 spiro atoms. The van der Waals surface area contributed by atoms with Crippen LogP contribution in [0.4, 0.5) is 0 Å². The summed E-state index contributed by atoms with van der Waals surface area (Å²) in [5.74, 6) is 1.68. The number of rotatable bonds is 8. The Morgan fingerprint density at radius 3 is 2.61 bits per heavy atom. The number of hydrogen-bond donors (Lipinski definition) is 3. The van der Waals surface area contributed by atoms with Crippen LogP contribution in [0, 0.1) is 6.92 Å². The number of guanidine groups is 1. The van der Waals surface area contributed by atoms with E-state index in [9.17, 15) is 4.79 Å². The average Bonchev–Trinajstić information content (AvgIpc) is 3.28. The minimum atomic E-state index is -0.158. The molecule has 1 aromatic heterocycles. The van der Waals surface area contributed by atoms with E-state index in [0.29, 0.717) is 42.8 Å². The van der Waals surface area contributed by atoms with Crippen LogP contribution >= 0.6 is 0 Å². The number of benzene rings is 2. The second-order valence-corrected chi connectivity index (χ2v) is 6.85. The molecule has 31 heavy (non-hydrogen) atoms. The van der Waals surface area contributed by atoms with Crippen LogP contribution in [0.1, 0.15) is 21.6 Å². The third-order valence-corrected chi connectivity index (χ3v) is 4.55. The van der Waals surface area contributed by atoms with Crippen LogP contribution in [-0.2, 0) is 6.54 Å². The zero-order chi connectivity index (χ0) is 22.1. The summed E-state index contributed by atoms with van der Waals surface area (Å²) < 4.78 is 10.7. The highest BCUT2D eigenvalue weighted by molar-refractivity contribution is 5.94. The highest BCUT2D eigenvalue weighted by atomic mass is 16.5. The van der Waals surface area contributed by atoms with Gasteiger partial charge < -0.3 is 25.1 Å². The van der Waals surface area contributed by atoms with Crippen molar-refractivity contribution in [2.45, 2.75) is 13.5 Å². The van der Waals surface area contributed by atoms with E-state index in [1.165, 1.54) is 5.56 Å². The average molecular weight is 422 g/mol. The molecule has 1 heterocycles. The standard InChI is InChI=1S/C23H27N5O3/c1-16-7-9-17(10-8-16)22-28-19(15-31-22)14-27-23(24-2)26-12-11-25-21(29)18-5-4-6-20(13-18)30-3/h4-10,13,15H,11-12,14H2,1-3H3,(H,25,29)(H2,24,26,27). The zero-order valence-electron chi connectivity index (χ0n) is 17.9. The quantitative estimate of drug-likeness (QED) is 0.294. The van der Waals surface area contributed by atoms with Gasteiger partial charge in [0, 0.05) is 31.3 Å². The van der Waals surface area contributed by atoms with E-state index in [1.807, 2.05) is 31.2 Å². The number of oxazole rings is 1. The van der Waals surface area contributed by atoms with Gasteiger partial charge in [0.2, 0.25) is 5.89 Å². The maximum atomic E-state index is 12.2. The zero-order valence-corrected chi connectivity index (χ0v) is 17.9. The number of nitrogens with zero attached hydrogens (tertiary/aromatic N) is 2. The van der Waals surface area contributed by atoms with E-state index < -0.39 is 0 Å². The Kier molecular flexibility index (Phi) is 7.64. The fraction of sp³-hybridized carbons (Fsp3) is 0.261. The topological polar surface area (TPSA) is 101 Å². The number of carbonyl (C=O) groups excluding carboxylic acids is 1. The van der Waals surface area contributed by atoms with Crippen LogP contribution in [-0.4, -0.2) is 44.1 Å². The fourth-order valence-electron chi connectivity index (χ4n) is 2.84. The number of aryl methyl sites for hydroxylation is 1. The van der Waals surface area contributed by atoms with Crippen molar-refractivity contribution in [3.05, 3.63) is 71.6 Å². The summed E-state index contributed by atoms with van der Waals surface area (Å²) >= 11 is 0. The first kappa shape index (κ1) is 21.9. The maximum Gasteiger partial charge on any atom is 0.251 e. The number of ether oxygens (including phenoxy) is 1. The van der Waals surface area contributed by atoms with Gasteiger partial charge in [0.25, 0.3) is 5.91 Å². The van der Waals surface area contributed by atoms with Gasteiger partial charge in [-0.1, -0.05) is 23.8 Å². The van der Waals surface area contributed by atoms with Crippen LogP contribution in [0.25, 0.3) is 11.5 Å². The Hall–Kier alpha value is -3.81. The number of hydrogen-bond acceptors (Lipinski definition) is 5. The molecule has 0 bridgehead atoms. The Labute approximate surface area is 181 Å². The predicted octanol–water partition coefficient (Wildman–Crippen LogP) is 2.75. The second-order valence-electron chi connectivity index (χ2n) is 6.85. The van der Waals surface area contributed by atoms with Gasteiger partial charge in [-0.2, -0.15) is 0 Å². The molecule has 2 aromatic carbocycles. The number of amides is 1. The summed E-state index contributed by atoms with van der Waals surface area (Å²) in [7, 11) is 3.26. The molecule has 8 nitrogen and oxygen atoms in total. The Morgan fingerprint density at radius 2 is 1.87 bits per heavy atom. The van der Waals surface area contributed by atoms with Crippen molar-refractivity contribution in [2.75, 3.05) is 27.2 Å². The van der Waals surface area contributed by atoms with Gasteiger partial charge in [0.05, 0.1) is 19.3 Å². The third kappa shape index (κ3) is 6.33. The molecule has 3 N–H and O–H groups in total. The van der Waals surface area contributed by atoms with Gasteiger partial charge >= 0.3 is 0 Å². The Bertz CT molecular complexity index is 1030. The van der Waals surface area contributed by atoms with Gasteiger partial charge in [-0.25, -0.2) is 4.98 Å². The minimum Gasteiger partial charge on any atom is -0.497 e. The number of methoxy groups -OCH3 is 1.